The average molecular weight is 400 g/mol. The van der Waals surface area contributed by atoms with E-state index < -0.39 is 24.1 Å². The molecule has 2 rings (SSSR count). The first-order valence-electron chi connectivity index (χ1n) is 8.31. The lowest BCUT2D eigenvalue weighted by molar-refractivity contribution is -0.165. The third kappa shape index (κ3) is 7.12. The van der Waals surface area contributed by atoms with Crippen molar-refractivity contribution in [3.05, 3.63) is 35.9 Å². The van der Waals surface area contributed by atoms with Crippen LogP contribution in [0.25, 0.3) is 0 Å². The van der Waals surface area contributed by atoms with Crippen LogP contribution in [0.1, 0.15) is 5.56 Å². The normalized spacial score (nSPS) is 20.5. The van der Waals surface area contributed by atoms with Crippen molar-refractivity contribution in [3.63, 3.8) is 0 Å². The first kappa shape index (κ1) is 23.3. The van der Waals surface area contributed by atoms with Crippen LogP contribution in [0.5, 0.6) is 0 Å². The van der Waals surface area contributed by atoms with E-state index in [4.69, 9.17) is 36.0 Å². The Balaban J connectivity index is 0.000000336. The molecule has 0 radical (unpaired) electrons. The van der Waals surface area contributed by atoms with Crippen molar-refractivity contribution in [1.29, 1.82) is 0 Å². The fourth-order valence-electron chi connectivity index (χ4n) is 2.32. The lowest BCUT2D eigenvalue weighted by atomic mass is 10.1. The molecule has 0 spiro atoms. The molecule has 1 amide bonds. The Morgan fingerprint density at radius 1 is 1.07 bits per heavy atom. The predicted octanol–water partition coefficient (Wildman–Crippen LogP) is -1.55. The first-order chi connectivity index (χ1) is 13.2. The van der Waals surface area contributed by atoms with Gasteiger partial charge >= 0.3 is 18.0 Å². The van der Waals surface area contributed by atoms with Crippen LogP contribution in [0.4, 0.5) is 4.79 Å². The summed E-state index contributed by atoms with van der Waals surface area (Å²) in [6, 6.07) is 9.35. The van der Waals surface area contributed by atoms with E-state index in [2.05, 4.69) is 0 Å². The van der Waals surface area contributed by atoms with E-state index in [0.717, 1.165) is 5.56 Å². The molecule has 1 aromatic carbocycles. The van der Waals surface area contributed by atoms with Gasteiger partial charge < -0.3 is 40.9 Å². The van der Waals surface area contributed by atoms with Crippen molar-refractivity contribution in [2.24, 2.45) is 11.7 Å². The first-order valence-corrected chi connectivity index (χ1v) is 8.31. The van der Waals surface area contributed by atoms with Crippen molar-refractivity contribution >= 4 is 18.0 Å². The number of hydrogen-bond acceptors (Lipinski definition) is 8. The van der Waals surface area contributed by atoms with Gasteiger partial charge in [0.1, 0.15) is 6.61 Å². The maximum absolute atomic E-state index is 11.8. The standard InChI is InChI=1S/C13H18N2O3.C4H6O6/c14-12-7-15(6-11(12)8-16)13(17)18-9-10-4-2-1-3-5-10;5-1(3(7)8)2(6)4(9)10/h1-5,11-12,16H,6-9,14H2;1-2,5-6H,(H,7,8)(H,9,10)/t11-,12-;/m1./s1. The quantitative estimate of drug-likeness (QED) is 0.326. The van der Waals surface area contributed by atoms with Gasteiger partial charge in [-0.1, -0.05) is 30.3 Å². The van der Waals surface area contributed by atoms with Gasteiger partial charge in [-0.15, -0.1) is 0 Å². The summed E-state index contributed by atoms with van der Waals surface area (Å²) in [4.78, 5) is 32.9. The molecular weight excluding hydrogens is 376 g/mol. The molecule has 11 heteroatoms. The Morgan fingerprint density at radius 3 is 2.04 bits per heavy atom. The van der Waals surface area contributed by atoms with Crippen molar-refractivity contribution in [1.82, 2.24) is 4.90 Å². The fourth-order valence-corrected chi connectivity index (χ4v) is 2.32. The maximum atomic E-state index is 11.8. The molecule has 0 saturated carbocycles. The van der Waals surface area contributed by atoms with Crippen molar-refractivity contribution in [2.75, 3.05) is 19.7 Å². The molecular formula is C17H24N2O9. The number of carbonyl (C=O) groups excluding carboxylic acids is 1. The molecule has 1 aliphatic rings. The number of aliphatic carboxylic acids is 2. The highest BCUT2D eigenvalue weighted by molar-refractivity contribution is 5.83. The Bertz CT molecular complexity index is 637. The van der Waals surface area contributed by atoms with Crippen LogP contribution in [0.15, 0.2) is 30.3 Å². The second-order valence-corrected chi connectivity index (χ2v) is 6.12. The van der Waals surface area contributed by atoms with Crippen LogP contribution >= 0.6 is 0 Å². The zero-order chi connectivity index (χ0) is 21.3. The topological polar surface area (TPSA) is 191 Å². The van der Waals surface area contributed by atoms with Crippen LogP contribution in [-0.4, -0.2) is 86.4 Å². The number of carboxylic acids is 2. The van der Waals surface area contributed by atoms with Gasteiger partial charge in [-0.3, -0.25) is 0 Å². The zero-order valence-electron chi connectivity index (χ0n) is 14.9. The molecule has 1 aromatic rings. The van der Waals surface area contributed by atoms with E-state index in [9.17, 15) is 14.4 Å². The molecule has 156 valence electrons. The average Bonchev–Trinajstić information content (AvgIpc) is 3.06. The van der Waals surface area contributed by atoms with Gasteiger partial charge in [0.15, 0.2) is 12.2 Å². The minimum atomic E-state index is -2.27. The smallest absolute Gasteiger partial charge is 0.410 e. The SMILES string of the molecule is N[C@@H]1CN(C(=O)OCc2ccccc2)C[C@@H]1CO.O=C(O)C(O)C(O)C(=O)O. The van der Waals surface area contributed by atoms with E-state index in [-0.39, 0.29) is 31.3 Å². The summed E-state index contributed by atoms with van der Waals surface area (Å²) >= 11 is 0. The Hall–Kier alpha value is -2.73. The predicted molar refractivity (Wildman–Crippen MR) is 94.0 cm³/mol. The van der Waals surface area contributed by atoms with Gasteiger partial charge in [0.2, 0.25) is 0 Å². The van der Waals surface area contributed by atoms with Crippen LogP contribution in [0, 0.1) is 5.92 Å². The highest BCUT2D eigenvalue weighted by Crippen LogP contribution is 2.16. The van der Waals surface area contributed by atoms with Crippen LogP contribution in [-0.2, 0) is 20.9 Å². The second kappa shape index (κ2) is 11.2. The van der Waals surface area contributed by atoms with Crippen molar-refractivity contribution in [2.45, 2.75) is 24.9 Å². The molecule has 7 N–H and O–H groups in total. The molecule has 11 nitrogen and oxygen atoms in total. The Labute approximate surface area is 160 Å². The molecule has 0 aromatic heterocycles. The van der Waals surface area contributed by atoms with Gasteiger partial charge in [0.25, 0.3) is 0 Å². The number of nitrogens with zero attached hydrogens (tertiary/aromatic N) is 1. The summed E-state index contributed by atoms with van der Waals surface area (Å²) in [5.74, 6) is -3.58. The number of ether oxygens (including phenoxy) is 1. The monoisotopic (exact) mass is 400 g/mol. The van der Waals surface area contributed by atoms with E-state index in [1.807, 2.05) is 30.3 Å². The number of nitrogens with two attached hydrogens (primary N) is 1. The highest BCUT2D eigenvalue weighted by Gasteiger charge is 2.33. The number of amides is 1. The number of carbonyl (C=O) groups is 3. The summed E-state index contributed by atoms with van der Waals surface area (Å²) in [5.41, 5.74) is 6.77. The molecule has 1 heterocycles. The van der Waals surface area contributed by atoms with Gasteiger partial charge in [0.05, 0.1) is 0 Å². The molecule has 4 atom stereocenters. The van der Waals surface area contributed by atoms with Gasteiger partial charge in [0, 0.05) is 31.7 Å². The lowest BCUT2D eigenvalue weighted by Gasteiger charge is -2.15. The summed E-state index contributed by atoms with van der Waals surface area (Å²) in [7, 11) is 0. The summed E-state index contributed by atoms with van der Waals surface area (Å²) in [6.07, 6.45) is -4.90. The number of hydrogen-bond donors (Lipinski definition) is 6. The van der Waals surface area contributed by atoms with E-state index in [0.29, 0.717) is 13.1 Å². The zero-order valence-corrected chi connectivity index (χ0v) is 14.9. The molecule has 1 fully saturated rings. The molecule has 0 aliphatic carbocycles. The van der Waals surface area contributed by atoms with Crippen LogP contribution < -0.4 is 5.73 Å². The van der Waals surface area contributed by atoms with Gasteiger partial charge in [-0.25, -0.2) is 14.4 Å². The molecule has 28 heavy (non-hydrogen) atoms. The molecule has 1 saturated heterocycles. The number of aliphatic hydroxyl groups is 3. The number of rotatable bonds is 6. The Kier molecular flexibility index (Phi) is 9.32. The second-order valence-electron chi connectivity index (χ2n) is 6.12. The number of carboxylic acid groups (broad SMARTS) is 2. The fraction of sp³-hybridized carbons (Fsp3) is 0.471. The molecule has 2 unspecified atom stereocenters. The third-order valence-corrected chi connectivity index (χ3v) is 3.99. The largest absolute Gasteiger partial charge is 0.479 e. The molecule has 0 bridgehead atoms. The maximum Gasteiger partial charge on any atom is 0.410 e. The summed E-state index contributed by atoms with van der Waals surface area (Å²) in [5, 5.41) is 41.6. The van der Waals surface area contributed by atoms with Crippen molar-refractivity contribution < 1.29 is 44.7 Å². The van der Waals surface area contributed by atoms with Crippen molar-refractivity contribution in [3.8, 4) is 0 Å². The minimum absolute atomic E-state index is 0.00360. The summed E-state index contributed by atoms with van der Waals surface area (Å²) < 4.78 is 5.20. The van der Waals surface area contributed by atoms with E-state index in [1.165, 1.54) is 0 Å². The third-order valence-electron chi connectivity index (χ3n) is 3.99. The minimum Gasteiger partial charge on any atom is -0.479 e. The van der Waals surface area contributed by atoms with Gasteiger partial charge in [-0.05, 0) is 5.56 Å². The van der Waals surface area contributed by atoms with E-state index in [1.54, 1.807) is 4.90 Å². The van der Waals surface area contributed by atoms with Gasteiger partial charge in [-0.2, -0.15) is 0 Å². The highest BCUT2D eigenvalue weighted by atomic mass is 16.6. The number of benzene rings is 1. The lowest BCUT2D eigenvalue weighted by Crippen LogP contribution is -2.39. The van der Waals surface area contributed by atoms with Crippen LogP contribution in [0.2, 0.25) is 0 Å². The number of likely N-dealkylation sites (tertiary alicyclic amines) is 1. The number of aliphatic hydroxyl groups excluding tert-OH is 3. The summed E-state index contributed by atoms with van der Waals surface area (Å²) in [6.45, 7) is 1.17. The van der Waals surface area contributed by atoms with Crippen LogP contribution in [0.3, 0.4) is 0 Å². The Morgan fingerprint density at radius 2 is 1.61 bits per heavy atom. The molecule has 1 aliphatic heterocycles. The van der Waals surface area contributed by atoms with E-state index >= 15 is 0 Å².